The van der Waals surface area contributed by atoms with Gasteiger partial charge in [-0.3, -0.25) is 4.79 Å². The highest BCUT2D eigenvalue weighted by Crippen LogP contribution is 2.24. The fourth-order valence-electron chi connectivity index (χ4n) is 2.03. The van der Waals surface area contributed by atoms with Gasteiger partial charge in [-0.1, -0.05) is 30.3 Å². The van der Waals surface area contributed by atoms with E-state index in [0.717, 1.165) is 5.56 Å². The summed E-state index contributed by atoms with van der Waals surface area (Å²) in [4.78, 5) is 23.2. The summed E-state index contributed by atoms with van der Waals surface area (Å²) in [5.41, 5.74) is 1.77. The lowest BCUT2D eigenvalue weighted by Gasteiger charge is -2.13. The van der Waals surface area contributed by atoms with Crippen molar-refractivity contribution in [3.05, 3.63) is 59.7 Å². The third-order valence-electron chi connectivity index (χ3n) is 3.30. The lowest BCUT2D eigenvalue weighted by atomic mass is 10.1. The Balaban J connectivity index is 2.13. The normalized spacial score (nSPS) is 9.92. The molecule has 0 amide bonds. The van der Waals surface area contributed by atoms with E-state index in [1.807, 2.05) is 30.3 Å². The number of benzene rings is 2. The van der Waals surface area contributed by atoms with Gasteiger partial charge >= 0.3 is 11.9 Å². The summed E-state index contributed by atoms with van der Waals surface area (Å²) in [6.07, 6.45) is 0. The van der Waals surface area contributed by atoms with Crippen LogP contribution in [0.5, 0.6) is 5.75 Å². The molecular weight excluding hydrogens is 310 g/mol. The van der Waals surface area contributed by atoms with Crippen LogP contribution in [0.3, 0.4) is 0 Å². The second kappa shape index (κ2) is 8.57. The van der Waals surface area contributed by atoms with Gasteiger partial charge in [0.15, 0.2) is 0 Å². The van der Waals surface area contributed by atoms with Gasteiger partial charge in [0, 0.05) is 5.69 Å². The zero-order valence-electron chi connectivity index (χ0n) is 13.6. The van der Waals surface area contributed by atoms with Crippen LogP contribution in [0.2, 0.25) is 0 Å². The Labute approximate surface area is 140 Å². The molecule has 0 unspecified atom stereocenters. The van der Waals surface area contributed by atoms with Crippen molar-refractivity contribution < 1.29 is 23.8 Å². The van der Waals surface area contributed by atoms with Crippen LogP contribution in [0.4, 0.5) is 5.69 Å². The minimum Gasteiger partial charge on any atom is -0.489 e. The molecule has 24 heavy (non-hydrogen) atoms. The summed E-state index contributed by atoms with van der Waals surface area (Å²) in [5.74, 6) is -0.425. The van der Waals surface area contributed by atoms with E-state index in [9.17, 15) is 9.59 Å². The Morgan fingerprint density at radius 2 is 1.75 bits per heavy atom. The van der Waals surface area contributed by atoms with E-state index >= 15 is 0 Å². The number of hydrogen-bond donors (Lipinski definition) is 1. The molecule has 6 heteroatoms. The molecule has 2 rings (SSSR count). The Kier molecular flexibility index (Phi) is 6.19. The van der Waals surface area contributed by atoms with Crippen LogP contribution in [0.25, 0.3) is 0 Å². The molecule has 0 saturated heterocycles. The second-order valence-corrected chi connectivity index (χ2v) is 4.90. The number of methoxy groups -OCH3 is 2. The average Bonchev–Trinajstić information content (AvgIpc) is 2.64. The average molecular weight is 329 g/mol. The summed E-state index contributed by atoms with van der Waals surface area (Å²) in [6, 6.07) is 14.7. The lowest BCUT2D eigenvalue weighted by Crippen LogP contribution is -2.17. The summed E-state index contributed by atoms with van der Waals surface area (Å²) >= 11 is 0. The minimum absolute atomic E-state index is 0.0509. The molecule has 0 aliphatic carbocycles. The van der Waals surface area contributed by atoms with Gasteiger partial charge in [0.25, 0.3) is 0 Å². The molecule has 0 aromatic heterocycles. The van der Waals surface area contributed by atoms with Crippen LogP contribution in [0.1, 0.15) is 15.9 Å². The van der Waals surface area contributed by atoms with Crippen molar-refractivity contribution in [1.82, 2.24) is 0 Å². The Hall–Kier alpha value is -3.02. The Bertz CT molecular complexity index is 700. The summed E-state index contributed by atoms with van der Waals surface area (Å²) in [5, 5.41) is 2.85. The van der Waals surface area contributed by atoms with E-state index in [0.29, 0.717) is 18.0 Å². The quantitative estimate of drug-likeness (QED) is 0.787. The number of carbonyl (C=O) groups is 2. The molecule has 2 aromatic rings. The van der Waals surface area contributed by atoms with E-state index < -0.39 is 11.9 Å². The van der Waals surface area contributed by atoms with E-state index in [1.165, 1.54) is 14.2 Å². The van der Waals surface area contributed by atoms with Crippen molar-refractivity contribution in [3.8, 4) is 5.75 Å². The zero-order chi connectivity index (χ0) is 17.4. The number of ether oxygens (including phenoxy) is 3. The third-order valence-corrected chi connectivity index (χ3v) is 3.30. The molecule has 0 bridgehead atoms. The maximum absolute atomic E-state index is 11.9. The minimum atomic E-state index is -0.521. The standard InChI is InChI=1S/C18H19NO5/c1-22-17(20)11-19-16-9-8-14(10-15(16)18(21)23-2)24-12-13-6-4-3-5-7-13/h3-10,19H,11-12H2,1-2H3. The number of rotatable bonds is 7. The van der Waals surface area contributed by atoms with Gasteiger partial charge < -0.3 is 19.5 Å². The molecular formula is C18H19NO5. The molecule has 126 valence electrons. The van der Waals surface area contributed by atoms with Crippen molar-refractivity contribution in [2.24, 2.45) is 0 Å². The van der Waals surface area contributed by atoms with E-state index in [-0.39, 0.29) is 12.1 Å². The Morgan fingerprint density at radius 3 is 2.42 bits per heavy atom. The Morgan fingerprint density at radius 1 is 1.00 bits per heavy atom. The van der Waals surface area contributed by atoms with E-state index in [4.69, 9.17) is 9.47 Å². The van der Waals surface area contributed by atoms with Crippen LogP contribution in [0.15, 0.2) is 48.5 Å². The van der Waals surface area contributed by atoms with Gasteiger partial charge in [0.1, 0.15) is 18.9 Å². The molecule has 0 aliphatic rings. The fourth-order valence-corrected chi connectivity index (χ4v) is 2.03. The summed E-state index contributed by atoms with van der Waals surface area (Å²) < 4.78 is 15.0. The predicted octanol–water partition coefficient (Wildman–Crippen LogP) is 2.64. The first-order valence-electron chi connectivity index (χ1n) is 7.34. The topological polar surface area (TPSA) is 73.9 Å². The number of hydrogen-bond acceptors (Lipinski definition) is 6. The molecule has 0 saturated carbocycles. The molecule has 0 fully saturated rings. The molecule has 0 aliphatic heterocycles. The smallest absolute Gasteiger partial charge is 0.340 e. The number of nitrogens with one attached hydrogen (secondary N) is 1. The predicted molar refractivity (Wildman–Crippen MR) is 89.1 cm³/mol. The molecule has 0 heterocycles. The van der Waals surface area contributed by atoms with Crippen molar-refractivity contribution >= 4 is 17.6 Å². The van der Waals surface area contributed by atoms with Gasteiger partial charge in [0.2, 0.25) is 0 Å². The van der Waals surface area contributed by atoms with Crippen LogP contribution < -0.4 is 10.1 Å². The number of anilines is 1. The van der Waals surface area contributed by atoms with Crippen LogP contribution in [0, 0.1) is 0 Å². The zero-order valence-corrected chi connectivity index (χ0v) is 13.6. The van der Waals surface area contributed by atoms with Crippen molar-refractivity contribution in [3.63, 3.8) is 0 Å². The van der Waals surface area contributed by atoms with Crippen LogP contribution in [-0.2, 0) is 20.9 Å². The molecule has 0 radical (unpaired) electrons. The SMILES string of the molecule is COC(=O)CNc1ccc(OCc2ccccc2)cc1C(=O)OC. The first kappa shape index (κ1) is 17.3. The van der Waals surface area contributed by atoms with E-state index in [1.54, 1.807) is 18.2 Å². The maximum Gasteiger partial charge on any atom is 0.340 e. The number of esters is 2. The first-order chi connectivity index (χ1) is 11.6. The van der Waals surface area contributed by atoms with Gasteiger partial charge in [-0.05, 0) is 23.8 Å². The van der Waals surface area contributed by atoms with Gasteiger partial charge in [0.05, 0.1) is 19.8 Å². The van der Waals surface area contributed by atoms with Crippen LogP contribution in [-0.4, -0.2) is 32.7 Å². The highest BCUT2D eigenvalue weighted by Gasteiger charge is 2.14. The fraction of sp³-hybridized carbons (Fsp3) is 0.222. The summed E-state index contributed by atoms with van der Waals surface area (Å²) in [7, 11) is 2.59. The van der Waals surface area contributed by atoms with Crippen molar-refractivity contribution in [2.75, 3.05) is 26.1 Å². The van der Waals surface area contributed by atoms with Crippen LogP contribution >= 0.6 is 0 Å². The van der Waals surface area contributed by atoms with Gasteiger partial charge in [-0.2, -0.15) is 0 Å². The van der Waals surface area contributed by atoms with E-state index in [2.05, 4.69) is 10.1 Å². The molecule has 0 spiro atoms. The van der Waals surface area contributed by atoms with Gasteiger partial charge in [-0.15, -0.1) is 0 Å². The summed E-state index contributed by atoms with van der Waals surface area (Å²) in [6.45, 7) is 0.334. The molecule has 1 N–H and O–H groups in total. The number of carbonyl (C=O) groups excluding carboxylic acids is 2. The molecule has 6 nitrogen and oxygen atoms in total. The maximum atomic E-state index is 11.9. The highest BCUT2D eigenvalue weighted by atomic mass is 16.5. The largest absolute Gasteiger partial charge is 0.489 e. The van der Waals surface area contributed by atoms with Crippen molar-refractivity contribution in [1.29, 1.82) is 0 Å². The highest BCUT2D eigenvalue weighted by molar-refractivity contribution is 5.96. The second-order valence-electron chi connectivity index (χ2n) is 4.90. The lowest BCUT2D eigenvalue weighted by molar-refractivity contribution is -0.138. The van der Waals surface area contributed by atoms with Crippen molar-refractivity contribution in [2.45, 2.75) is 6.61 Å². The van der Waals surface area contributed by atoms with Gasteiger partial charge in [-0.25, -0.2) is 4.79 Å². The first-order valence-corrected chi connectivity index (χ1v) is 7.34. The third kappa shape index (κ3) is 4.74. The molecule has 0 atom stereocenters. The molecule has 2 aromatic carbocycles. The monoisotopic (exact) mass is 329 g/mol.